The Hall–Kier alpha value is -2.63. The summed E-state index contributed by atoms with van der Waals surface area (Å²) in [5.41, 5.74) is 4.55. The van der Waals surface area contributed by atoms with Crippen LogP contribution in [0.1, 0.15) is 26.8 Å². The highest BCUT2D eigenvalue weighted by molar-refractivity contribution is 7.18. The van der Waals surface area contributed by atoms with Gasteiger partial charge in [0.15, 0.2) is 0 Å². The number of hydrogen-bond acceptors (Lipinski definition) is 3. The number of nitrogens with one attached hydrogen (secondary N) is 1. The lowest BCUT2D eigenvalue weighted by Crippen LogP contribution is -2.23. The fourth-order valence-corrected chi connectivity index (χ4v) is 4.26. The molecule has 4 aromatic rings. The molecule has 0 saturated carbocycles. The maximum Gasteiger partial charge on any atom is 0.253 e. The van der Waals surface area contributed by atoms with E-state index in [2.05, 4.69) is 27.0 Å². The molecule has 0 unspecified atom stereocenters. The average Bonchev–Trinajstić information content (AvgIpc) is 3.23. The number of amides is 1. The van der Waals surface area contributed by atoms with Gasteiger partial charge in [0, 0.05) is 17.1 Å². The number of fused-ring (bicyclic) bond motifs is 1. The zero-order chi connectivity index (χ0) is 19.0. The van der Waals surface area contributed by atoms with Gasteiger partial charge in [-0.1, -0.05) is 23.7 Å². The van der Waals surface area contributed by atoms with Crippen molar-refractivity contribution in [3.8, 4) is 5.69 Å². The molecule has 2 aromatic carbocycles. The molecule has 0 aliphatic heterocycles. The summed E-state index contributed by atoms with van der Waals surface area (Å²) in [5.74, 6) is -0.205. The second-order valence-electron chi connectivity index (χ2n) is 6.37. The van der Waals surface area contributed by atoms with Crippen LogP contribution in [0.3, 0.4) is 0 Å². The molecule has 0 aliphatic carbocycles. The van der Waals surface area contributed by atoms with Gasteiger partial charge in [-0.15, -0.1) is 11.3 Å². The maximum absolute atomic E-state index is 12.7. The van der Waals surface area contributed by atoms with Gasteiger partial charge in [0.05, 0.1) is 27.3 Å². The van der Waals surface area contributed by atoms with Crippen LogP contribution in [0.15, 0.2) is 54.6 Å². The number of para-hydroxylation sites is 1. The molecule has 4 nitrogen and oxygen atoms in total. The first-order valence-electron chi connectivity index (χ1n) is 8.60. The van der Waals surface area contributed by atoms with Crippen LogP contribution < -0.4 is 5.32 Å². The number of rotatable bonds is 4. The number of benzene rings is 2. The largest absolute Gasteiger partial charge is 0.345 e. The van der Waals surface area contributed by atoms with Gasteiger partial charge in [0.25, 0.3) is 5.91 Å². The fraction of sp³-hybridized carbons (Fsp3) is 0.143. The van der Waals surface area contributed by atoms with Crippen molar-refractivity contribution in [3.05, 3.63) is 81.6 Å². The highest BCUT2D eigenvalue weighted by Crippen LogP contribution is 2.24. The summed E-state index contributed by atoms with van der Waals surface area (Å²) in [6.07, 6.45) is 0. The first-order chi connectivity index (χ1) is 13.0. The number of thiazole rings is 1. The van der Waals surface area contributed by atoms with E-state index in [0.29, 0.717) is 17.1 Å². The minimum absolute atomic E-state index is 0.205. The quantitative estimate of drug-likeness (QED) is 0.510. The molecule has 4 rings (SSSR count). The number of aromatic nitrogens is 2. The predicted molar refractivity (Wildman–Crippen MR) is 111 cm³/mol. The van der Waals surface area contributed by atoms with Crippen LogP contribution in [0, 0.1) is 13.8 Å². The molecule has 0 bridgehead atoms. The second-order valence-corrected chi connectivity index (χ2v) is 7.90. The van der Waals surface area contributed by atoms with Crippen LogP contribution >= 0.6 is 22.9 Å². The number of carbonyl (C=O) groups excluding carboxylic acids is 1. The van der Waals surface area contributed by atoms with Gasteiger partial charge < -0.3 is 9.88 Å². The Morgan fingerprint density at radius 3 is 2.59 bits per heavy atom. The molecular formula is C21H18ClN3OS. The Bertz CT molecular complexity index is 1090. The van der Waals surface area contributed by atoms with Crippen molar-refractivity contribution in [2.75, 3.05) is 0 Å². The van der Waals surface area contributed by atoms with Crippen LogP contribution in [-0.4, -0.2) is 15.5 Å². The molecular weight excluding hydrogens is 378 g/mol. The normalized spacial score (nSPS) is 11.1. The van der Waals surface area contributed by atoms with Crippen molar-refractivity contribution in [3.63, 3.8) is 0 Å². The van der Waals surface area contributed by atoms with E-state index < -0.39 is 0 Å². The molecule has 0 radical (unpaired) electrons. The molecule has 27 heavy (non-hydrogen) atoms. The van der Waals surface area contributed by atoms with Crippen LogP contribution in [0.4, 0.5) is 0 Å². The molecule has 6 heteroatoms. The zero-order valence-corrected chi connectivity index (χ0v) is 16.6. The summed E-state index contributed by atoms with van der Waals surface area (Å²) in [5, 5.41) is 4.24. The van der Waals surface area contributed by atoms with Crippen molar-refractivity contribution < 1.29 is 4.79 Å². The molecule has 136 valence electrons. The SMILES string of the molecule is Cc1ccc(C)n1-c1ccc(Cl)c(C(=O)NCc2nc3ccccc3s2)c1. The fourth-order valence-electron chi connectivity index (χ4n) is 3.15. The third-order valence-electron chi connectivity index (χ3n) is 4.46. The Labute approximate surface area is 166 Å². The van der Waals surface area contributed by atoms with Crippen molar-refractivity contribution in [1.82, 2.24) is 14.9 Å². The summed E-state index contributed by atoms with van der Waals surface area (Å²) in [7, 11) is 0. The predicted octanol–water partition coefficient (Wildman–Crippen LogP) is 5.29. The number of halogens is 1. The van der Waals surface area contributed by atoms with E-state index in [1.807, 2.05) is 50.2 Å². The van der Waals surface area contributed by atoms with Crippen molar-refractivity contribution in [1.29, 1.82) is 0 Å². The van der Waals surface area contributed by atoms with E-state index in [0.717, 1.165) is 32.3 Å². The lowest BCUT2D eigenvalue weighted by atomic mass is 10.1. The number of carbonyl (C=O) groups is 1. The summed E-state index contributed by atoms with van der Waals surface area (Å²) in [6, 6.07) is 17.6. The van der Waals surface area contributed by atoms with Crippen LogP contribution in [0.25, 0.3) is 15.9 Å². The molecule has 0 aliphatic rings. The third-order valence-corrected chi connectivity index (χ3v) is 5.83. The van der Waals surface area contributed by atoms with Crippen LogP contribution in [0.2, 0.25) is 5.02 Å². The average molecular weight is 396 g/mol. The van der Waals surface area contributed by atoms with Gasteiger partial charge in [0.2, 0.25) is 0 Å². The summed E-state index contributed by atoms with van der Waals surface area (Å²) >= 11 is 7.88. The van der Waals surface area contributed by atoms with Crippen molar-refractivity contribution >= 4 is 39.1 Å². The summed E-state index contributed by atoms with van der Waals surface area (Å²) < 4.78 is 3.21. The minimum Gasteiger partial charge on any atom is -0.345 e. The highest BCUT2D eigenvalue weighted by atomic mass is 35.5. The Morgan fingerprint density at radius 1 is 1.11 bits per heavy atom. The lowest BCUT2D eigenvalue weighted by Gasteiger charge is -2.12. The smallest absolute Gasteiger partial charge is 0.253 e. The molecule has 0 spiro atoms. The minimum atomic E-state index is -0.205. The van der Waals surface area contributed by atoms with E-state index in [1.165, 1.54) is 0 Å². The monoisotopic (exact) mass is 395 g/mol. The van der Waals surface area contributed by atoms with E-state index in [9.17, 15) is 4.79 Å². The molecule has 2 heterocycles. The van der Waals surface area contributed by atoms with Crippen LogP contribution in [0.5, 0.6) is 0 Å². The maximum atomic E-state index is 12.7. The zero-order valence-electron chi connectivity index (χ0n) is 15.0. The summed E-state index contributed by atoms with van der Waals surface area (Å²) in [6.45, 7) is 4.45. The lowest BCUT2D eigenvalue weighted by molar-refractivity contribution is 0.0951. The summed E-state index contributed by atoms with van der Waals surface area (Å²) in [4.78, 5) is 17.3. The molecule has 2 aromatic heterocycles. The highest BCUT2D eigenvalue weighted by Gasteiger charge is 2.14. The molecule has 1 amide bonds. The third kappa shape index (κ3) is 3.48. The van der Waals surface area contributed by atoms with Crippen molar-refractivity contribution in [2.45, 2.75) is 20.4 Å². The van der Waals surface area contributed by atoms with Crippen molar-refractivity contribution in [2.24, 2.45) is 0 Å². The number of aryl methyl sites for hydroxylation is 2. The van der Waals surface area contributed by atoms with E-state index in [1.54, 1.807) is 17.4 Å². The Kier molecular flexibility index (Phi) is 4.72. The number of hydrogen-bond donors (Lipinski definition) is 1. The van der Waals surface area contributed by atoms with Crippen LogP contribution in [-0.2, 0) is 6.54 Å². The Balaban J connectivity index is 1.57. The van der Waals surface area contributed by atoms with E-state index in [-0.39, 0.29) is 5.91 Å². The first-order valence-corrected chi connectivity index (χ1v) is 9.80. The molecule has 0 saturated heterocycles. The van der Waals surface area contributed by atoms with Gasteiger partial charge in [0.1, 0.15) is 5.01 Å². The molecule has 0 fully saturated rings. The van der Waals surface area contributed by atoms with E-state index >= 15 is 0 Å². The standard InChI is InChI=1S/C21H18ClN3OS/c1-13-7-8-14(2)25(13)15-9-10-17(22)16(11-15)21(26)23-12-20-24-18-5-3-4-6-19(18)27-20/h3-11H,12H2,1-2H3,(H,23,26). The van der Waals surface area contributed by atoms with Gasteiger partial charge in [-0.3, -0.25) is 4.79 Å². The molecule has 1 N–H and O–H groups in total. The van der Waals surface area contributed by atoms with Gasteiger partial charge in [-0.2, -0.15) is 0 Å². The number of nitrogens with zero attached hydrogens (tertiary/aromatic N) is 2. The van der Waals surface area contributed by atoms with Gasteiger partial charge in [-0.25, -0.2) is 4.98 Å². The Morgan fingerprint density at radius 2 is 1.85 bits per heavy atom. The first kappa shape index (κ1) is 17.8. The van der Waals surface area contributed by atoms with Gasteiger partial charge in [-0.05, 0) is 56.3 Å². The molecule has 0 atom stereocenters. The van der Waals surface area contributed by atoms with Gasteiger partial charge >= 0.3 is 0 Å². The second kappa shape index (κ2) is 7.18. The van der Waals surface area contributed by atoms with E-state index in [4.69, 9.17) is 11.6 Å². The topological polar surface area (TPSA) is 46.9 Å².